The Morgan fingerprint density at radius 2 is 1.70 bits per heavy atom. The molecule has 0 aliphatic heterocycles. The number of carbonyl (C=O) groups is 1. The maximum absolute atomic E-state index is 13.4. The van der Waals surface area contributed by atoms with Crippen LogP contribution in [0.1, 0.15) is 12.5 Å². The van der Waals surface area contributed by atoms with Crippen molar-refractivity contribution in [2.75, 3.05) is 27.1 Å². The molecule has 1 amide bonds. The molecule has 0 atom stereocenters. The Labute approximate surface area is 218 Å². The maximum Gasteiger partial charge on any atom is 0.266 e. The van der Waals surface area contributed by atoms with E-state index < -0.39 is 0 Å². The highest BCUT2D eigenvalue weighted by Gasteiger charge is 2.15. The lowest BCUT2D eigenvalue weighted by Gasteiger charge is -2.13. The van der Waals surface area contributed by atoms with Crippen molar-refractivity contribution in [1.82, 2.24) is 15.0 Å². The molecular weight excluding hydrogens is 492 g/mol. The van der Waals surface area contributed by atoms with Gasteiger partial charge in [-0.25, -0.2) is 10.4 Å². The Morgan fingerprint density at radius 1 is 0.973 bits per heavy atom. The van der Waals surface area contributed by atoms with Crippen molar-refractivity contribution in [2.24, 2.45) is 5.10 Å². The van der Waals surface area contributed by atoms with Crippen LogP contribution in [0.15, 0.2) is 81.8 Å². The van der Waals surface area contributed by atoms with Gasteiger partial charge in [0.25, 0.3) is 11.5 Å². The molecule has 3 aromatic carbocycles. The number of amides is 1. The summed E-state index contributed by atoms with van der Waals surface area (Å²) < 4.78 is 17.3. The lowest BCUT2D eigenvalue weighted by atomic mass is 10.1. The van der Waals surface area contributed by atoms with Crippen LogP contribution in [-0.2, 0) is 4.79 Å². The van der Waals surface area contributed by atoms with Crippen LogP contribution in [-0.4, -0.2) is 48.3 Å². The summed E-state index contributed by atoms with van der Waals surface area (Å²) in [5.74, 6) is 1.50. The van der Waals surface area contributed by atoms with Gasteiger partial charge in [-0.3, -0.25) is 14.2 Å². The van der Waals surface area contributed by atoms with E-state index in [9.17, 15) is 9.59 Å². The van der Waals surface area contributed by atoms with E-state index >= 15 is 0 Å². The molecule has 10 heteroatoms. The molecule has 0 unspecified atom stereocenters. The third-order valence-electron chi connectivity index (χ3n) is 5.56. The molecule has 9 nitrogen and oxygen atoms in total. The molecule has 0 aliphatic carbocycles. The van der Waals surface area contributed by atoms with Crippen molar-refractivity contribution < 1.29 is 19.0 Å². The fourth-order valence-corrected chi connectivity index (χ4v) is 4.41. The van der Waals surface area contributed by atoms with Crippen LogP contribution in [0.5, 0.6) is 17.2 Å². The molecule has 4 rings (SSSR count). The van der Waals surface area contributed by atoms with Crippen molar-refractivity contribution in [2.45, 2.75) is 12.1 Å². The zero-order valence-corrected chi connectivity index (χ0v) is 21.7. The number of thioether (sulfide) groups is 1. The summed E-state index contributed by atoms with van der Waals surface area (Å²) in [6, 6.07) is 19.6. The number of carbonyl (C=O) groups excluding carboxylic acids is 1. The van der Waals surface area contributed by atoms with Crippen molar-refractivity contribution in [3.8, 4) is 22.9 Å². The van der Waals surface area contributed by atoms with Gasteiger partial charge in [0.15, 0.2) is 16.7 Å². The fraction of sp³-hybridized carbons (Fsp3) is 0.185. The first kappa shape index (κ1) is 25.8. The van der Waals surface area contributed by atoms with Crippen LogP contribution in [0.2, 0.25) is 0 Å². The third-order valence-corrected chi connectivity index (χ3v) is 6.50. The molecular formula is C27H26N4O5S. The molecule has 0 aliphatic rings. The SMILES string of the molecule is COc1ccc(-n2c(SCC(=O)N/N=C(/C)c3ccc(OC)c(OC)c3)nc3ccccc3c2=O)cc1. The third kappa shape index (κ3) is 5.75. The average molecular weight is 519 g/mol. The Kier molecular flexibility index (Phi) is 8.09. The number of methoxy groups -OCH3 is 3. The van der Waals surface area contributed by atoms with Crippen LogP contribution in [0.3, 0.4) is 0 Å². The van der Waals surface area contributed by atoms with E-state index in [1.807, 2.05) is 12.1 Å². The molecule has 1 aromatic heterocycles. The number of hydrazone groups is 1. The number of nitrogens with one attached hydrogen (secondary N) is 1. The van der Waals surface area contributed by atoms with Crippen molar-refractivity contribution in [3.05, 3.63) is 82.6 Å². The van der Waals surface area contributed by atoms with Gasteiger partial charge in [0.1, 0.15) is 5.75 Å². The van der Waals surface area contributed by atoms with E-state index in [1.54, 1.807) is 82.9 Å². The van der Waals surface area contributed by atoms with Crippen LogP contribution in [0.4, 0.5) is 0 Å². The highest BCUT2D eigenvalue weighted by Crippen LogP contribution is 2.28. The van der Waals surface area contributed by atoms with Crippen molar-refractivity contribution in [3.63, 3.8) is 0 Å². The minimum Gasteiger partial charge on any atom is -0.497 e. The van der Waals surface area contributed by atoms with Gasteiger partial charge in [0.05, 0.1) is 49.4 Å². The minimum absolute atomic E-state index is 0.00362. The Balaban J connectivity index is 1.55. The predicted molar refractivity (Wildman–Crippen MR) is 145 cm³/mol. The second-order valence-corrected chi connectivity index (χ2v) is 8.78. The Morgan fingerprint density at radius 3 is 2.41 bits per heavy atom. The largest absolute Gasteiger partial charge is 0.497 e. The smallest absolute Gasteiger partial charge is 0.266 e. The number of para-hydroxylation sites is 1. The van der Waals surface area contributed by atoms with Gasteiger partial charge in [-0.1, -0.05) is 23.9 Å². The molecule has 0 spiro atoms. The molecule has 0 saturated carbocycles. The standard InChI is InChI=1S/C27H26N4O5S/c1-17(18-9-14-23(35-3)24(15-18)36-4)29-30-25(32)16-37-27-28-22-8-6-5-7-21(22)26(33)31(27)19-10-12-20(34-2)13-11-19/h5-15H,16H2,1-4H3,(H,30,32)/b29-17-. The number of nitrogens with zero attached hydrogens (tertiary/aromatic N) is 3. The summed E-state index contributed by atoms with van der Waals surface area (Å²) in [6.07, 6.45) is 0. The van der Waals surface area contributed by atoms with Gasteiger partial charge in [-0.2, -0.15) is 5.10 Å². The number of benzene rings is 3. The van der Waals surface area contributed by atoms with Crippen molar-refractivity contribution >= 4 is 34.3 Å². The first-order valence-electron chi connectivity index (χ1n) is 11.3. The lowest BCUT2D eigenvalue weighted by molar-refractivity contribution is -0.118. The van der Waals surface area contributed by atoms with Crippen LogP contribution in [0, 0.1) is 0 Å². The molecule has 4 aromatic rings. The van der Waals surface area contributed by atoms with E-state index in [4.69, 9.17) is 14.2 Å². The molecule has 37 heavy (non-hydrogen) atoms. The number of aromatic nitrogens is 2. The van der Waals surface area contributed by atoms with Crippen LogP contribution in [0.25, 0.3) is 16.6 Å². The molecule has 0 fully saturated rings. The zero-order valence-electron chi connectivity index (χ0n) is 20.8. The lowest BCUT2D eigenvalue weighted by Crippen LogP contribution is -2.24. The molecule has 190 valence electrons. The van der Waals surface area contributed by atoms with Gasteiger partial charge in [-0.05, 0) is 61.5 Å². The Hall–Kier alpha value is -4.31. The summed E-state index contributed by atoms with van der Waals surface area (Å²) in [6.45, 7) is 1.78. The number of hydrogen-bond donors (Lipinski definition) is 1. The number of rotatable bonds is 9. The normalized spacial score (nSPS) is 11.3. The van der Waals surface area contributed by atoms with Gasteiger partial charge in [0, 0.05) is 5.56 Å². The van der Waals surface area contributed by atoms with Gasteiger partial charge < -0.3 is 14.2 Å². The van der Waals surface area contributed by atoms with E-state index in [0.717, 1.165) is 17.3 Å². The number of fused-ring (bicyclic) bond motifs is 1. The highest BCUT2D eigenvalue weighted by molar-refractivity contribution is 7.99. The zero-order chi connectivity index (χ0) is 26.4. The first-order valence-corrected chi connectivity index (χ1v) is 12.3. The quantitative estimate of drug-likeness (QED) is 0.154. The first-order chi connectivity index (χ1) is 17.9. The molecule has 0 radical (unpaired) electrons. The summed E-state index contributed by atoms with van der Waals surface area (Å²) in [5, 5.41) is 5.09. The highest BCUT2D eigenvalue weighted by atomic mass is 32.2. The van der Waals surface area contributed by atoms with Crippen LogP contribution < -0.4 is 25.2 Å². The predicted octanol–water partition coefficient (Wildman–Crippen LogP) is 4.04. The van der Waals surface area contributed by atoms with E-state index in [1.165, 1.54) is 4.57 Å². The van der Waals surface area contributed by atoms with E-state index in [2.05, 4.69) is 15.5 Å². The monoisotopic (exact) mass is 518 g/mol. The number of hydrogen-bond acceptors (Lipinski definition) is 8. The minimum atomic E-state index is -0.339. The second-order valence-electron chi connectivity index (χ2n) is 7.84. The molecule has 1 N–H and O–H groups in total. The van der Waals surface area contributed by atoms with Gasteiger partial charge in [-0.15, -0.1) is 0 Å². The maximum atomic E-state index is 13.4. The molecule has 1 heterocycles. The van der Waals surface area contributed by atoms with Gasteiger partial charge in [0.2, 0.25) is 0 Å². The summed E-state index contributed by atoms with van der Waals surface area (Å²) in [7, 11) is 4.70. The number of ether oxygens (including phenoxy) is 3. The average Bonchev–Trinajstić information content (AvgIpc) is 2.94. The molecule has 0 bridgehead atoms. The fourth-order valence-electron chi connectivity index (χ4n) is 3.60. The topological polar surface area (TPSA) is 104 Å². The van der Waals surface area contributed by atoms with E-state index in [-0.39, 0.29) is 17.2 Å². The Bertz CT molecular complexity index is 1520. The van der Waals surface area contributed by atoms with Crippen LogP contribution >= 0.6 is 11.8 Å². The molecule has 0 saturated heterocycles. The summed E-state index contributed by atoms with van der Waals surface area (Å²) in [4.78, 5) is 30.7. The summed E-state index contributed by atoms with van der Waals surface area (Å²) >= 11 is 1.15. The van der Waals surface area contributed by atoms with Crippen molar-refractivity contribution in [1.29, 1.82) is 0 Å². The van der Waals surface area contributed by atoms with E-state index in [0.29, 0.717) is 44.7 Å². The summed E-state index contributed by atoms with van der Waals surface area (Å²) in [5.41, 5.74) is 4.89. The van der Waals surface area contributed by atoms with Gasteiger partial charge >= 0.3 is 0 Å². The second kappa shape index (κ2) is 11.6.